The number of hydrogen-bond donors (Lipinski definition) is 1. The second-order valence-electron chi connectivity index (χ2n) is 7.08. The van der Waals surface area contributed by atoms with Crippen LogP contribution in [0.3, 0.4) is 0 Å². The van der Waals surface area contributed by atoms with Crippen molar-refractivity contribution in [3.63, 3.8) is 0 Å². The maximum atomic E-state index is 6.48. The molecule has 2 aliphatic heterocycles. The summed E-state index contributed by atoms with van der Waals surface area (Å²) < 4.78 is 6.48. The summed E-state index contributed by atoms with van der Waals surface area (Å²) >= 11 is 5.73. The number of anilines is 1. The maximum Gasteiger partial charge on any atom is 0.188 e. The van der Waals surface area contributed by atoms with Crippen molar-refractivity contribution in [1.29, 1.82) is 0 Å². The van der Waals surface area contributed by atoms with E-state index in [1.165, 1.54) is 22.3 Å². The molecule has 2 bridgehead atoms. The third-order valence-electron chi connectivity index (χ3n) is 5.24. The van der Waals surface area contributed by atoms with E-state index >= 15 is 0 Å². The van der Waals surface area contributed by atoms with E-state index in [0.29, 0.717) is 0 Å². The predicted molar refractivity (Wildman–Crippen MR) is 102 cm³/mol. The first-order chi connectivity index (χ1) is 11.4. The highest BCUT2D eigenvalue weighted by molar-refractivity contribution is 7.80. The summed E-state index contributed by atoms with van der Waals surface area (Å²) in [5.74, 6) is 0.949. The van der Waals surface area contributed by atoms with Gasteiger partial charge in [0.2, 0.25) is 0 Å². The van der Waals surface area contributed by atoms with Gasteiger partial charge in [0, 0.05) is 12.0 Å². The second kappa shape index (κ2) is 5.21. The molecule has 24 heavy (non-hydrogen) atoms. The number of benzene rings is 2. The van der Waals surface area contributed by atoms with Gasteiger partial charge in [-0.15, -0.1) is 0 Å². The van der Waals surface area contributed by atoms with Crippen molar-refractivity contribution in [2.45, 2.75) is 45.9 Å². The SMILES string of the molecule is Cc1ccc2c(c1)[C@H]1C[C@@](C)(O2)N(c2cccc(C)c2C)C(=S)N1. The van der Waals surface area contributed by atoms with Gasteiger partial charge in [-0.05, 0) is 63.2 Å². The molecule has 2 heterocycles. The van der Waals surface area contributed by atoms with E-state index in [2.05, 4.69) is 74.3 Å². The molecule has 1 fully saturated rings. The Morgan fingerprint density at radius 1 is 1.21 bits per heavy atom. The third-order valence-corrected chi connectivity index (χ3v) is 5.54. The highest BCUT2D eigenvalue weighted by Gasteiger charge is 2.48. The number of nitrogens with zero attached hydrogens (tertiary/aromatic N) is 1. The molecule has 2 atom stereocenters. The lowest BCUT2D eigenvalue weighted by Crippen LogP contribution is -2.65. The molecule has 0 unspecified atom stereocenters. The van der Waals surface area contributed by atoms with Crippen LogP contribution in [-0.4, -0.2) is 10.8 Å². The minimum Gasteiger partial charge on any atom is -0.467 e. The third kappa shape index (κ3) is 2.20. The summed E-state index contributed by atoms with van der Waals surface area (Å²) in [5, 5.41) is 4.26. The average molecular weight is 338 g/mol. The van der Waals surface area contributed by atoms with Crippen molar-refractivity contribution in [3.8, 4) is 5.75 Å². The Morgan fingerprint density at radius 3 is 2.79 bits per heavy atom. The minimum atomic E-state index is -0.478. The molecular formula is C20H22N2OS. The first kappa shape index (κ1) is 15.5. The summed E-state index contributed by atoms with van der Waals surface area (Å²) in [6.45, 7) is 8.52. The summed E-state index contributed by atoms with van der Waals surface area (Å²) in [7, 11) is 0. The van der Waals surface area contributed by atoms with E-state index in [1.807, 2.05) is 0 Å². The lowest BCUT2D eigenvalue weighted by Gasteiger charge is -2.52. The number of thiocarbonyl (C=S) groups is 1. The molecule has 1 saturated heterocycles. The molecule has 2 aromatic carbocycles. The smallest absolute Gasteiger partial charge is 0.188 e. The maximum absolute atomic E-state index is 6.48. The number of ether oxygens (including phenoxy) is 1. The zero-order valence-electron chi connectivity index (χ0n) is 14.5. The molecule has 0 aliphatic carbocycles. The van der Waals surface area contributed by atoms with Crippen LogP contribution in [0.25, 0.3) is 0 Å². The van der Waals surface area contributed by atoms with Crippen molar-refractivity contribution < 1.29 is 4.74 Å². The molecule has 0 saturated carbocycles. The topological polar surface area (TPSA) is 24.5 Å². The van der Waals surface area contributed by atoms with Gasteiger partial charge < -0.3 is 10.1 Å². The molecule has 2 aliphatic rings. The van der Waals surface area contributed by atoms with Crippen LogP contribution in [0, 0.1) is 20.8 Å². The largest absolute Gasteiger partial charge is 0.467 e. The minimum absolute atomic E-state index is 0.201. The van der Waals surface area contributed by atoms with E-state index in [-0.39, 0.29) is 6.04 Å². The molecule has 2 aromatic rings. The monoisotopic (exact) mass is 338 g/mol. The lowest BCUT2D eigenvalue weighted by atomic mass is 9.89. The Kier molecular flexibility index (Phi) is 3.36. The van der Waals surface area contributed by atoms with Crippen LogP contribution in [0.5, 0.6) is 5.75 Å². The normalized spacial score (nSPS) is 24.9. The zero-order chi connectivity index (χ0) is 17.1. The summed E-state index contributed by atoms with van der Waals surface area (Å²) in [5.41, 5.74) is 5.57. The van der Waals surface area contributed by atoms with E-state index in [0.717, 1.165) is 23.0 Å². The van der Waals surface area contributed by atoms with Crippen molar-refractivity contribution in [1.82, 2.24) is 5.32 Å². The van der Waals surface area contributed by atoms with E-state index in [1.54, 1.807) is 0 Å². The van der Waals surface area contributed by atoms with Crippen molar-refractivity contribution in [3.05, 3.63) is 58.7 Å². The first-order valence-electron chi connectivity index (χ1n) is 8.35. The average Bonchev–Trinajstić information content (AvgIpc) is 2.52. The second-order valence-corrected chi connectivity index (χ2v) is 7.47. The molecule has 0 radical (unpaired) electrons. The van der Waals surface area contributed by atoms with Gasteiger partial charge in [-0.3, -0.25) is 4.90 Å². The predicted octanol–water partition coefficient (Wildman–Crippen LogP) is 4.55. The van der Waals surface area contributed by atoms with Gasteiger partial charge in [-0.1, -0.05) is 29.8 Å². The highest BCUT2D eigenvalue weighted by Crippen LogP contribution is 2.46. The quantitative estimate of drug-likeness (QED) is 0.771. The van der Waals surface area contributed by atoms with Gasteiger partial charge in [0.1, 0.15) is 5.75 Å². The Balaban J connectivity index is 1.84. The number of aryl methyl sites for hydroxylation is 2. The number of nitrogens with one attached hydrogen (secondary N) is 1. The molecule has 1 N–H and O–H groups in total. The van der Waals surface area contributed by atoms with E-state index < -0.39 is 5.72 Å². The molecule has 4 heteroatoms. The van der Waals surface area contributed by atoms with Gasteiger partial charge in [0.15, 0.2) is 10.8 Å². The molecule has 0 aromatic heterocycles. The van der Waals surface area contributed by atoms with Crippen molar-refractivity contribution in [2.24, 2.45) is 0 Å². The number of fused-ring (bicyclic) bond motifs is 4. The van der Waals surface area contributed by atoms with Crippen molar-refractivity contribution in [2.75, 3.05) is 4.90 Å². The summed E-state index contributed by atoms with van der Waals surface area (Å²) in [6, 6.07) is 12.9. The Morgan fingerprint density at radius 2 is 2.00 bits per heavy atom. The standard InChI is InChI=1S/C20H22N2OS/c1-12-8-9-18-15(10-12)16-11-20(4,23-18)22(19(24)21-16)17-7-5-6-13(2)14(17)3/h5-10,16H,11H2,1-4H3,(H,21,24)/t16-,20-/m1/s1. The first-order valence-corrected chi connectivity index (χ1v) is 8.76. The van der Waals surface area contributed by atoms with Gasteiger partial charge in [0.05, 0.1) is 11.7 Å². The Hall–Kier alpha value is -2.07. The van der Waals surface area contributed by atoms with Gasteiger partial charge in [-0.25, -0.2) is 0 Å². The fraction of sp³-hybridized carbons (Fsp3) is 0.350. The fourth-order valence-electron chi connectivity index (χ4n) is 3.84. The molecule has 4 rings (SSSR count). The van der Waals surface area contributed by atoms with Crippen LogP contribution in [0.15, 0.2) is 36.4 Å². The van der Waals surface area contributed by atoms with Gasteiger partial charge in [0.25, 0.3) is 0 Å². The van der Waals surface area contributed by atoms with Crippen LogP contribution in [0.2, 0.25) is 0 Å². The molecule has 0 amide bonds. The summed E-state index contributed by atoms with van der Waals surface area (Å²) in [6.07, 6.45) is 0.858. The molecule has 0 spiro atoms. The van der Waals surface area contributed by atoms with Gasteiger partial charge in [-0.2, -0.15) is 0 Å². The highest BCUT2D eigenvalue weighted by atomic mass is 32.1. The van der Waals surface area contributed by atoms with E-state index in [4.69, 9.17) is 17.0 Å². The van der Waals surface area contributed by atoms with Crippen LogP contribution in [0.4, 0.5) is 5.69 Å². The van der Waals surface area contributed by atoms with Crippen LogP contribution >= 0.6 is 12.2 Å². The molecule has 124 valence electrons. The number of hydrogen-bond acceptors (Lipinski definition) is 2. The molecule has 3 nitrogen and oxygen atoms in total. The van der Waals surface area contributed by atoms with E-state index in [9.17, 15) is 0 Å². The Labute approximate surface area is 148 Å². The van der Waals surface area contributed by atoms with Crippen molar-refractivity contribution >= 4 is 23.0 Å². The van der Waals surface area contributed by atoms with Crippen LogP contribution in [0.1, 0.15) is 41.6 Å². The molecular weight excluding hydrogens is 316 g/mol. The summed E-state index contributed by atoms with van der Waals surface area (Å²) in [4.78, 5) is 2.14. The van der Waals surface area contributed by atoms with Crippen LogP contribution in [-0.2, 0) is 0 Å². The number of rotatable bonds is 1. The fourth-order valence-corrected chi connectivity index (χ4v) is 4.27. The van der Waals surface area contributed by atoms with Crippen LogP contribution < -0.4 is 15.0 Å². The lowest BCUT2D eigenvalue weighted by molar-refractivity contribution is 0.0496. The zero-order valence-corrected chi connectivity index (χ0v) is 15.3. The van der Waals surface area contributed by atoms with Gasteiger partial charge >= 0.3 is 0 Å². The Bertz CT molecular complexity index is 848.